The number of pyridine rings is 1. The molecule has 31 heavy (non-hydrogen) atoms. The normalized spacial score (nSPS) is 15.0. The number of nitrogens with one attached hydrogen (secondary N) is 3. The first-order chi connectivity index (χ1) is 15.1. The van der Waals surface area contributed by atoms with Gasteiger partial charge < -0.3 is 15.2 Å². The summed E-state index contributed by atoms with van der Waals surface area (Å²) in [6.45, 7) is 1.83. The van der Waals surface area contributed by atoms with Crippen LogP contribution in [-0.2, 0) is 17.8 Å². The van der Waals surface area contributed by atoms with Crippen molar-refractivity contribution in [1.29, 1.82) is 0 Å². The molecule has 0 aliphatic heterocycles. The molecule has 0 spiro atoms. The fraction of sp³-hybridized carbons (Fsp3) is 0.522. The number of benzene rings is 1. The molecule has 0 unspecified atom stereocenters. The highest BCUT2D eigenvalue weighted by atomic mass is 35.5. The molecule has 0 saturated heterocycles. The molecule has 1 saturated carbocycles. The number of aromatic amines is 1. The third-order valence-electron chi connectivity index (χ3n) is 6.26. The van der Waals surface area contributed by atoms with Crippen molar-refractivity contribution in [2.75, 3.05) is 20.1 Å². The van der Waals surface area contributed by atoms with E-state index in [9.17, 15) is 9.59 Å². The summed E-state index contributed by atoms with van der Waals surface area (Å²) < 4.78 is 1.79. The lowest BCUT2D eigenvalue weighted by Gasteiger charge is -2.20. The van der Waals surface area contributed by atoms with Crippen molar-refractivity contribution in [3.8, 4) is 0 Å². The molecule has 0 bridgehead atoms. The van der Waals surface area contributed by atoms with E-state index in [1.54, 1.807) is 10.6 Å². The van der Waals surface area contributed by atoms with Crippen LogP contribution < -0.4 is 16.2 Å². The first-order valence-electron chi connectivity index (χ1n) is 11.2. The minimum absolute atomic E-state index is 0.0525. The molecule has 0 atom stereocenters. The number of amides is 1. The maximum atomic E-state index is 13.4. The van der Waals surface area contributed by atoms with Crippen molar-refractivity contribution in [1.82, 2.24) is 25.4 Å². The second-order valence-corrected chi connectivity index (χ2v) is 8.81. The van der Waals surface area contributed by atoms with E-state index in [4.69, 9.17) is 11.6 Å². The van der Waals surface area contributed by atoms with Crippen LogP contribution in [-0.4, -0.2) is 40.8 Å². The van der Waals surface area contributed by atoms with E-state index in [0.717, 1.165) is 48.8 Å². The lowest BCUT2D eigenvalue weighted by Crippen LogP contribution is -2.33. The molecule has 1 aliphatic rings. The number of fused-ring (bicyclic) bond motifs is 3. The summed E-state index contributed by atoms with van der Waals surface area (Å²) in [7, 11) is 1.88. The van der Waals surface area contributed by atoms with Crippen LogP contribution in [0, 0.1) is 5.92 Å². The highest BCUT2D eigenvalue weighted by molar-refractivity contribution is 6.31. The number of aromatic nitrogens is 3. The number of aryl methyl sites for hydroxylation is 1. The third kappa shape index (κ3) is 4.62. The number of nitrogens with zero attached hydrogens (tertiary/aromatic N) is 2. The van der Waals surface area contributed by atoms with Crippen molar-refractivity contribution >= 4 is 39.3 Å². The maximum absolute atomic E-state index is 13.4. The zero-order valence-corrected chi connectivity index (χ0v) is 18.7. The van der Waals surface area contributed by atoms with Gasteiger partial charge in [0.05, 0.1) is 10.9 Å². The average molecular weight is 444 g/mol. The Morgan fingerprint density at radius 2 is 2.06 bits per heavy atom. The Hall–Kier alpha value is -2.38. The number of hydrogen-bond donors (Lipinski definition) is 3. The van der Waals surface area contributed by atoms with Gasteiger partial charge in [0.2, 0.25) is 5.91 Å². The van der Waals surface area contributed by atoms with E-state index in [-0.39, 0.29) is 17.4 Å². The Labute approximate surface area is 186 Å². The molecule has 1 aromatic carbocycles. The number of hydrogen-bond acceptors (Lipinski definition) is 4. The van der Waals surface area contributed by atoms with Crippen LogP contribution in [0.25, 0.3) is 21.8 Å². The fourth-order valence-corrected chi connectivity index (χ4v) is 4.76. The Morgan fingerprint density at radius 1 is 1.26 bits per heavy atom. The van der Waals surface area contributed by atoms with Gasteiger partial charge in [-0.05, 0) is 44.5 Å². The van der Waals surface area contributed by atoms with Crippen LogP contribution in [0.4, 0.5) is 0 Å². The number of likely N-dealkylation sites (N-methyl/N-ethyl adjacent to an activating group) is 1. The van der Waals surface area contributed by atoms with Gasteiger partial charge in [-0.2, -0.15) is 5.10 Å². The Kier molecular flexibility index (Phi) is 6.92. The predicted molar refractivity (Wildman–Crippen MR) is 125 cm³/mol. The highest BCUT2D eigenvalue weighted by Gasteiger charge is 2.21. The van der Waals surface area contributed by atoms with Crippen LogP contribution in [0.15, 0.2) is 23.0 Å². The molecule has 1 fully saturated rings. The fourth-order valence-electron chi connectivity index (χ4n) is 4.59. The van der Waals surface area contributed by atoms with Crippen molar-refractivity contribution in [2.24, 2.45) is 5.92 Å². The highest BCUT2D eigenvalue weighted by Crippen LogP contribution is 2.26. The summed E-state index contributed by atoms with van der Waals surface area (Å²) in [6, 6.07) is 5.54. The Bertz CT molecular complexity index is 1130. The second kappa shape index (κ2) is 9.83. The molecule has 2 heterocycles. The number of rotatable bonds is 8. The SMILES string of the molecule is CNCCc1[nH]nc2c1c(=O)n(CCCNC(=O)C1CCCCC1)c1ccc(Cl)cc21. The molecule has 3 aromatic rings. The van der Waals surface area contributed by atoms with E-state index in [0.29, 0.717) is 41.9 Å². The van der Waals surface area contributed by atoms with Crippen molar-refractivity contribution in [2.45, 2.75) is 51.5 Å². The van der Waals surface area contributed by atoms with Crippen LogP contribution in [0.1, 0.15) is 44.2 Å². The zero-order chi connectivity index (χ0) is 21.8. The molecule has 1 amide bonds. The molecule has 7 nitrogen and oxygen atoms in total. The largest absolute Gasteiger partial charge is 0.356 e. The maximum Gasteiger partial charge on any atom is 0.262 e. The molecule has 2 aromatic heterocycles. The van der Waals surface area contributed by atoms with Gasteiger partial charge in [0.1, 0.15) is 5.52 Å². The monoisotopic (exact) mass is 443 g/mol. The minimum atomic E-state index is -0.0525. The second-order valence-electron chi connectivity index (χ2n) is 8.38. The van der Waals surface area contributed by atoms with Gasteiger partial charge in [0.25, 0.3) is 5.56 Å². The lowest BCUT2D eigenvalue weighted by molar-refractivity contribution is -0.125. The smallest absolute Gasteiger partial charge is 0.262 e. The van der Waals surface area contributed by atoms with Gasteiger partial charge in [0, 0.05) is 48.1 Å². The van der Waals surface area contributed by atoms with E-state index in [1.807, 2.05) is 19.2 Å². The van der Waals surface area contributed by atoms with Gasteiger partial charge in [0.15, 0.2) is 0 Å². The first kappa shape index (κ1) is 21.8. The molecular formula is C23H30ClN5O2. The number of carbonyl (C=O) groups excluding carboxylic acids is 1. The van der Waals surface area contributed by atoms with E-state index < -0.39 is 0 Å². The average Bonchev–Trinajstić information content (AvgIpc) is 3.22. The quantitative estimate of drug-likeness (QED) is 0.465. The van der Waals surface area contributed by atoms with Crippen molar-refractivity contribution in [3.63, 3.8) is 0 Å². The molecule has 3 N–H and O–H groups in total. The van der Waals surface area contributed by atoms with E-state index >= 15 is 0 Å². The Balaban J connectivity index is 1.57. The molecule has 4 rings (SSSR count). The van der Waals surface area contributed by atoms with Crippen LogP contribution in [0.5, 0.6) is 0 Å². The van der Waals surface area contributed by atoms with Crippen LogP contribution >= 0.6 is 11.6 Å². The van der Waals surface area contributed by atoms with Gasteiger partial charge in [-0.1, -0.05) is 30.9 Å². The number of carbonyl (C=O) groups is 1. The van der Waals surface area contributed by atoms with E-state index in [1.165, 1.54) is 6.42 Å². The van der Waals surface area contributed by atoms with Crippen LogP contribution in [0.2, 0.25) is 5.02 Å². The molecule has 8 heteroatoms. The summed E-state index contributed by atoms with van der Waals surface area (Å²) in [5.41, 5.74) is 2.25. The predicted octanol–water partition coefficient (Wildman–Crippen LogP) is 3.38. The summed E-state index contributed by atoms with van der Waals surface area (Å²) in [5.74, 6) is 0.305. The summed E-state index contributed by atoms with van der Waals surface area (Å²) in [4.78, 5) is 25.8. The standard InChI is InChI=1S/C23H30ClN5O2/c1-25-12-10-18-20-21(28-27-18)17-14-16(24)8-9-19(17)29(23(20)31)13-5-11-26-22(30)15-6-3-2-4-7-15/h8-9,14-15,25H,2-7,10-13H2,1H3,(H,26,30)(H,27,28). The van der Waals surface area contributed by atoms with Crippen LogP contribution in [0.3, 0.4) is 0 Å². The molecular weight excluding hydrogens is 414 g/mol. The summed E-state index contributed by atoms with van der Waals surface area (Å²) in [6.07, 6.45) is 6.87. The first-order valence-corrected chi connectivity index (χ1v) is 11.6. The number of halogens is 1. The van der Waals surface area contributed by atoms with Gasteiger partial charge in [-0.3, -0.25) is 14.7 Å². The van der Waals surface area contributed by atoms with Gasteiger partial charge in [-0.25, -0.2) is 0 Å². The van der Waals surface area contributed by atoms with E-state index in [2.05, 4.69) is 20.8 Å². The zero-order valence-electron chi connectivity index (χ0n) is 18.0. The van der Waals surface area contributed by atoms with Crippen molar-refractivity contribution < 1.29 is 4.79 Å². The topological polar surface area (TPSA) is 91.8 Å². The molecule has 1 aliphatic carbocycles. The summed E-state index contributed by atoms with van der Waals surface area (Å²) in [5, 5.41) is 15.7. The molecule has 0 radical (unpaired) electrons. The minimum Gasteiger partial charge on any atom is -0.356 e. The third-order valence-corrected chi connectivity index (χ3v) is 6.50. The Morgan fingerprint density at radius 3 is 2.84 bits per heavy atom. The molecule has 166 valence electrons. The van der Waals surface area contributed by atoms with Crippen molar-refractivity contribution in [3.05, 3.63) is 39.3 Å². The summed E-state index contributed by atoms with van der Waals surface area (Å²) >= 11 is 6.25. The number of H-pyrrole nitrogens is 1. The lowest BCUT2D eigenvalue weighted by atomic mass is 9.89. The van der Waals surface area contributed by atoms with Gasteiger partial charge in [-0.15, -0.1) is 0 Å². The van der Waals surface area contributed by atoms with Gasteiger partial charge >= 0.3 is 0 Å².